The molecule has 0 atom stereocenters. The Morgan fingerprint density at radius 3 is 1.67 bits per heavy atom. The van der Waals surface area contributed by atoms with Crippen molar-refractivity contribution in [1.29, 1.82) is 10.5 Å². The lowest BCUT2D eigenvalue weighted by Crippen LogP contribution is -2.26. The Morgan fingerprint density at radius 2 is 1.02 bits per heavy atom. The van der Waals surface area contributed by atoms with E-state index in [1.54, 1.807) is 12.4 Å². The Bertz CT molecular complexity index is 2430. The van der Waals surface area contributed by atoms with E-state index < -0.39 is 5.41 Å². The van der Waals surface area contributed by atoms with Crippen LogP contribution < -0.4 is 0 Å². The van der Waals surface area contributed by atoms with Crippen molar-refractivity contribution in [2.75, 3.05) is 0 Å². The van der Waals surface area contributed by atoms with Crippen molar-refractivity contribution in [3.63, 3.8) is 0 Å². The minimum atomic E-state index is -0.530. The number of fused-ring (bicyclic) bond motifs is 12. The molecule has 0 bridgehead atoms. The minimum Gasteiger partial charge on any atom is -0.263 e. The summed E-state index contributed by atoms with van der Waals surface area (Å²) in [6, 6.07) is 43.6. The first-order valence-electron chi connectivity index (χ1n) is 14.8. The van der Waals surface area contributed by atoms with Crippen LogP contribution in [0.25, 0.3) is 55.3 Å². The van der Waals surface area contributed by atoms with Gasteiger partial charge in [-0.15, -0.1) is 0 Å². The monoisotopic (exact) mass is 570 g/mol. The Labute approximate surface area is 260 Å². The van der Waals surface area contributed by atoms with Crippen LogP contribution in [0.2, 0.25) is 0 Å². The number of rotatable bonds is 2. The molecule has 0 unspecified atom stereocenters. The van der Waals surface area contributed by atoms with Gasteiger partial charge in [-0.25, -0.2) is 0 Å². The van der Waals surface area contributed by atoms with Crippen LogP contribution in [0, 0.1) is 22.7 Å². The van der Waals surface area contributed by atoms with Crippen LogP contribution >= 0.6 is 0 Å². The standard InChI is InChI=1S/C41H22N4/c42-19-25-15-30(23-44-21-25)27-9-12-32-29(17-27)11-14-36-35-13-10-28(31-16-26(20-43)22-45-24-31)18-39(35)41(40(32)36)37-7-3-1-5-33(37)34-6-2-4-8-38(34)41/h1-18,21-24H. The van der Waals surface area contributed by atoms with Gasteiger partial charge < -0.3 is 0 Å². The van der Waals surface area contributed by atoms with Crippen molar-refractivity contribution in [2.24, 2.45) is 0 Å². The molecule has 0 fully saturated rings. The molecule has 0 radical (unpaired) electrons. The second kappa shape index (κ2) is 9.32. The first-order valence-corrected chi connectivity index (χ1v) is 14.8. The molecule has 2 aromatic heterocycles. The van der Waals surface area contributed by atoms with Crippen molar-refractivity contribution in [3.8, 4) is 56.6 Å². The van der Waals surface area contributed by atoms with Crippen LogP contribution in [-0.4, -0.2) is 9.97 Å². The Morgan fingerprint density at radius 1 is 0.467 bits per heavy atom. The minimum absolute atomic E-state index is 0.530. The highest BCUT2D eigenvalue weighted by Gasteiger charge is 2.52. The topological polar surface area (TPSA) is 73.4 Å². The van der Waals surface area contributed by atoms with Gasteiger partial charge in [0.1, 0.15) is 12.1 Å². The second-order valence-electron chi connectivity index (χ2n) is 11.7. The average molecular weight is 571 g/mol. The van der Waals surface area contributed by atoms with Crippen molar-refractivity contribution in [1.82, 2.24) is 9.97 Å². The number of nitriles is 2. The normalized spacial score (nSPS) is 13.0. The second-order valence-corrected chi connectivity index (χ2v) is 11.7. The van der Waals surface area contributed by atoms with Gasteiger partial charge >= 0.3 is 0 Å². The zero-order valence-corrected chi connectivity index (χ0v) is 24.0. The molecular formula is C41H22N4. The fourth-order valence-electron chi connectivity index (χ4n) is 7.65. The number of pyridine rings is 2. The highest BCUT2D eigenvalue weighted by atomic mass is 14.6. The first-order chi connectivity index (χ1) is 22.2. The number of hydrogen-bond donors (Lipinski definition) is 0. The van der Waals surface area contributed by atoms with E-state index >= 15 is 0 Å². The predicted molar refractivity (Wildman–Crippen MR) is 176 cm³/mol. The Balaban J connectivity index is 1.37. The maximum Gasteiger partial charge on any atom is 0.101 e. The molecule has 2 heterocycles. The summed E-state index contributed by atoms with van der Waals surface area (Å²) >= 11 is 0. The van der Waals surface area contributed by atoms with E-state index in [1.807, 2.05) is 24.5 Å². The van der Waals surface area contributed by atoms with E-state index in [-0.39, 0.29) is 0 Å². The van der Waals surface area contributed by atoms with Gasteiger partial charge in [-0.3, -0.25) is 9.97 Å². The van der Waals surface area contributed by atoms with Crippen LogP contribution in [0.3, 0.4) is 0 Å². The fraction of sp³-hybridized carbons (Fsp3) is 0.0244. The molecule has 4 nitrogen and oxygen atoms in total. The Kier molecular flexibility index (Phi) is 5.21. The summed E-state index contributed by atoms with van der Waals surface area (Å²) in [5.41, 5.74) is 14.4. The SMILES string of the molecule is N#Cc1cncc(-c2ccc3c(c2)C2(c4ccccc4-c4ccccc42)c2c-3ccc3cc(-c4cncc(C#N)c4)ccc23)c1. The van der Waals surface area contributed by atoms with Gasteiger partial charge in [-0.2, -0.15) is 10.5 Å². The molecule has 206 valence electrons. The van der Waals surface area contributed by atoms with Crippen molar-refractivity contribution < 1.29 is 0 Å². The summed E-state index contributed by atoms with van der Waals surface area (Å²) in [4.78, 5) is 8.67. The smallest absolute Gasteiger partial charge is 0.101 e. The van der Waals surface area contributed by atoms with Crippen molar-refractivity contribution in [3.05, 3.63) is 167 Å². The molecule has 0 aliphatic heterocycles. The third-order valence-electron chi connectivity index (χ3n) is 9.46. The van der Waals surface area contributed by atoms with E-state index in [4.69, 9.17) is 0 Å². The number of benzene rings is 5. The number of hydrogen-bond acceptors (Lipinski definition) is 4. The number of nitrogens with zero attached hydrogens (tertiary/aromatic N) is 4. The molecule has 0 saturated carbocycles. The van der Waals surface area contributed by atoms with Gasteiger partial charge in [-0.05, 0) is 90.7 Å². The van der Waals surface area contributed by atoms with Gasteiger partial charge in [0.2, 0.25) is 0 Å². The molecule has 2 aliphatic carbocycles. The van der Waals surface area contributed by atoms with Gasteiger partial charge in [0, 0.05) is 35.9 Å². The summed E-state index contributed by atoms with van der Waals surface area (Å²) < 4.78 is 0. The van der Waals surface area contributed by atoms with Crippen LogP contribution in [0.4, 0.5) is 0 Å². The molecule has 45 heavy (non-hydrogen) atoms. The lowest BCUT2D eigenvalue weighted by Gasteiger charge is -2.31. The van der Waals surface area contributed by atoms with Gasteiger partial charge in [0.25, 0.3) is 0 Å². The highest BCUT2D eigenvalue weighted by Crippen LogP contribution is 2.64. The van der Waals surface area contributed by atoms with E-state index in [9.17, 15) is 10.5 Å². The van der Waals surface area contributed by atoms with Crippen molar-refractivity contribution in [2.45, 2.75) is 5.41 Å². The Hall–Kier alpha value is -6.36. The maximum atomic E-state index is 9.58. The van der Waals surface area contributed by atoms with Crippen molar-refractivity contribution >= 4 is 10.8 Å². The summed E-state index contributed by atoms with van der Waals surface area (Å²) in [6.07, 6.45) is 6.84. The van der Waals surface area contributed by atoms with Gasteiger partial charge in [0.05, 0.1) is 16.5 Å². The van der Waals surface area contributed by atoms with Crippen LogP contribution in [0.5, 0.6) is 0 Å². The van der Waals surface area contributed by atoms with E-state index in [0.717, 1.165) is 27.6 Å². The quantitative estimate of drug-likeness (QED) is 0.208. The summed E-state index contributed by atoms with van der Waals surface area (Å²) in [6.45, 7) is 0. The van der Waals surface area contributed by atoms with E-state index in [1.165, 1.54) is 49.9 Å². The lowest BCUT2D eigenvalue weighted by molar-refractivity contribution is 0.801. The van der Waals surface area contributed by atoms with Crippen LogP contribution in [0.1, 0.15) is 33.4 Å². The highest BCUT2D eigenvalue weighted by molar-refractivity contribution is 6.05. The fourth-order valence-corrected chi connectivity index (χ4v) is 7.65. The molecule has 2 aliphatic rings. The third-order valence-corrected chi connectivity index (χ3v) is 9.46. The molecule has 4 heteroatoms. The predicted octanol–water partition coefficient (Wildman–Crippen LogP) is 9.05. The molecule has 0 amide bonds. The molecule has 7 aromatic rings. The van der Waals surface area contributed by atoms with E-state index in [0.29, 0.717) is 11.1 Å². The molecule has 1 spiro atoms. The third kappa shape index (κ3) is 3.40. The first kappa shape index (κ1) is 25.2. The maximum absolute atomic E-state index is 9.58. The zero-order valence-electron chi connectivity index (χ0n) is 24.0. The summed E-state index contributed by atoms with van der Waals surface area (Å²) in [5, 5.41) is 21.4. The largest absolute Gasteiger partial charge is 0.263 e. The van der Waals surface area contributed by atoms with Crippen LogP contribution in [0.15, 0.2) is 134 Å². The molecular weight excluding hydrogens is 548 g/mol. The van der Waals surface area contributed by atoms with Gasteiger partial charge in [0.15, 0.2) is 0 Å². The summed E-state index contributed by atoms with van der Waals surface area (Å²) in [7, 11) is 0. The lowest BCUT2D eigenvalue weighted by atomic mass is 9.69. The molecule has 0 saturated heterocycles. The molecule has 9 rings (SSSR count). The van der Waals surface area contributed by atoms with Crippen LogP contribution in [-0.2, 0) is 5.41 Å². The van der Waals surface area contributed by atoms with E-state index in [2.05, 4.69) is 119 Å². The molecule has 0 N–H and O–H groups in total. The summed E-state index contributed by atoms with van der Waals surface area (Å²) in [5.74, 6) is 0. The van der Waals surface area contributed by atoms with Gasteiger partial charge in [-0.1, -0.05) is 84.9 Å². The number of aromatic nitrogens is 2. The average Bonchev–Trinajstić information content (AvgIpc) is 3.58. The zero-order chi connectivity index (χ0) is 30.1. The molecule has 5 aromatic carbocycles.